The number of phenolic OH excluding ortho intramolecular Hbond substituents is 2. The highest BCUT2D eigenvalue weighted by atomic mass is 16.3. The van der Waals surface area contributed by atoms with Crippen molar-refractivity contribution in [1.82, 2.24) is 0 Å². The van der Waals surface area contributed by atoms with E-state index in [1.165, 1.54) is 18.2 Å². The van der Waals surface area contributed by atoms with Crippen molar-refractivity contribution in [2.75, 3.05) is 0 Å². The molecule has 0 fully saturated rings. The van der Waals surface area contributed by atoms with Crippen molar-refractivity contribution >= 4 is 0 Å². The number of benzene rings is 1. The van der Waals surface area contributed by atoms with Gasteiger partial charge in [-0.15, -0.1) is 0 Å². The Morgan fingerprint density at radius 1 is 1.36 bits per heavy atom. The Morgan fingerprint density at radius 3 is 2.73 bits per heavy atom. The third-order valence-electron chi connectivity index (χ3n) is 1.33. The van der Waals surface area contributed by atoms with Gasteiger partial charge in [0.1, 0.15) is 11.5 Å². The fourth-order valence-electron chi connectivity index (χ4n) is 0.799. The SMILES string of the molecule is N#CCc1cc(O)ccc1O. The molecule has 1 aromatic rings. The summed E-state index contributed by atoms with van der Waals surface area (Å²) in [7, 11) is 0. The molecule has 0 radical (unpaired) electrons. The van der Waals surface area contributed by atoms with Crippen LogP contribution in [-0.4, -0.2) is 10.2 Å². The van der Waals surface area contributed by atoms with Crippen LogP contribution in [0.4, 0.5) is 0 Å². The van der Waals surface area contributed by atoms with Gasteiger partial charge >= 0.3 is 0 Å². The largest absolute Gasteiger partial charge is 0.508 e. The lowest BCUT2D eigenvalue weighted by Gasteiger charge is -1.98. The quantitative estimate of drug-likeness (QED) is 0.589. The maximum Gasteiger partial charge on any atom is 0.120 e. The van der Waals surface area contributed by atoms with E-state index < -0.39 is 0 Å². The van der Waals surface area contributed by atoms with E-state index in [4.69, 9.17) is 15.5 Å². The minimum Gasteiger partial charge on any atom is -0.508 e. The molecule has 0 amide bonds. The summed E-state index contributed by atoms with van der Waals surface area (Å²) in [6.45, 7) is 0. The van der Waals surface area contributed by atoms with Crippen molar-refractivity contribution < 1.29 is 10.2 Å². The number of nitriles is 1. The van der Waals surface area contributed by atoms with Crippen molar-refractivity contribution in [1.29, 1.82) is 5.26 Å². The monoisotopic (exact) mass is 149 g/mol. The van der Waals surface area contributed by atoms with Crippen LogP contribution in [0.2, 0.25) is 0 Å². The molecule has 56 valence electrons. The molecule has 0 saturated heterocycles. The number of nitrogens with zero attached hydrogens (tertiary/aromatic N) is 1. The van der Waals surface area contributed by atoms with Gasteiger partial charge in [-0.1, -0.05) is 0 Å². The molecule has 3 nitrogen and oxygen atoms in total. The summed E-state index contributed by atoms with van der Waals surface area (Å²) in [5.41, 5.74) is 0.451. The van der Waals surface area contributed by atoms with Crippen LogP contribution in [0.5, 0.6) is 11.5 Å². The number of hydrogen-bond donors (Lipinski definition) is 2. The number of rotatable bonds is 1. The van der Waals surface area contributed by atoms with Crippen molar-refractivity contribution in [3.8, 4) is 17.6 Å². The van der Waals surface area contributed by atoms with Gasteiger partial charge in [0.15, 0.2) is 0 Å². The zero-order chi connectivity index (χ0) is 8.27. The average Bonchev–Trinajstić information content (AvgIpc) is 1.98. The summed E-state index contributed by atoms with van der Waals surface area (Å²) in [5.74, 6) is 0.109. The van der Waals surface area contributed by atoms with Gasteiger partial charge in [0.2, 0.25) is 0 Å². The van der Waals surface area contributed by atoms with E-state index in [-0.39, 0.29) is 17.9 Å². The second-order valence-electron chi connectivity index (χ2n) is 2.15. The Hall–Kier alpha value is -1.69. The molecular weight excluding hydrogens is 142 g/mol. The molecule has 0 aliphatic heterocycles. The zero-order valence-electron chi connectivity index (χ0n) is 5.78. The summed E-state index contributed by atoms with van der Waals surface area (Å²) < 4.78 is 0. The fraction of sp³-hybridized carbons (Fsp3) is 0.125. The summed E-state index contributed by atoms with van der Waals surface area (Å²) in [6, 6.07) is 5.99. The highest BCUT2D eigenvalue weighted by molar-refractivity contribution is 5.39. The molecule has 1 rings (SSSR count). The van der Waals surface area contributed by atoms with E-state index in [1.807, 2.05) is 6.07 Å². The number of aromatic hydroxyl groups is 2. The van der Waals surface area contributed by atoms with Gasteiger partial charge in [0, 0.05) is 5.56 Å². The lowest BCUT2D eigenvalue weighted by Crippen LogP contribution is -1.81. The lowest BCUT2D eigenvalue weighted by atomic mass is 10.1. The summed E-state index contributed by atoms with van der Waals surface area (Å²) in [4.78, 5) is 0. The third-order valence-corrected chi connectivity index (χ3v) is 1.33. The second-order valence-corrected chi connectivity index (χ2v) is 2.15. The topological polar surface area (TPSA) is 64.2 Å². The van der Waals surface area contributed by atoms with Crippen LogP contribution in [0.15, 0.2) is 18.2 Å². The molecule has 3 heteroatoms. The van der Waals surface area contributed by atoms with Gasteiger partial charge in [-0.25, -0.2) is 0 Å². The molecule has 2 N–H and O–H groups in total. The van der Waals surface area contributed by atoms with Crippen LogP contribution in [0, 0.1) is 11.3 Å². The highest BCUT2D eigenvalue weighted by Crippen LogP contribution is 2.21. The van der Waals surface area contributed by atoms with E-state index in [2.05, 4.69) is 0 Å². The molecule has 0 aromatic heterocycles. The zero-order valence-corrected chi connectivity index (χ0v) is 5.78. The van der Waals surface area contributed by atoms with E-state index >= 15 is 0 Å². The average molecular weight is 149 g/mol. The Bertz CT molecular complexity index is 301. The normalized spacial score (nSPS) is 9.00. The van der Waals surface area contributed by atoms with Crippen molar-refractivity contribution in [2.45, 2.75) is 6.42 Å². The van der Waals surface area contributed by atoms with E-state index in [0.717, 1.165) is 0 Å². The first-order valence-corrected chi connectivity index (χ1v) is 3.12. The summed E-state index contributed by atoms with van der Waals surface area (Å²) in [6.07, 6.45) is 0.111. The van der Waals surface area contributed by atoms with Gasteiger partial charge in [-0.2, -0.15) is 5.26 Å². The van der Waals surface area contributed by atoms with Crippen LogP contribution < -0.4 is 0 Å². The second kappa shape index (κ2) is 2.93. The standard InChI is InChI=1S/C8H7NO2/c9-4-3-6-5-7(10)1-2-8(6)11/h1-2,5,10-11H,3H2. The maximum atomic E-state index is 9.10. The van der Waals surface area contributed by atoms with Crippen molar-refractivity contribution in [2.24, 2.45) is 0 Å². The molecule has 0 atom stereocenters. The smallest absolute Gasteiger partial charge is 0.120 e. The Labute approximate surface area is 64.1 Å². The molecule has 0 aliphatic rings. The van der Waals surface area contributed by atoms with Crippen molar-refractivity contribution in [3.63, 3.8) is 0 Å². The van der Waals surface area contributed by atoms with Gasteiger partial charge in [-0.05, 0) is 18.2 Å². The summed E-state index contributed by atoms with van der Waals surface area (Å²) >= 11 is 0. The molecule has 0 aliphatic carbocycles. The van der Waals surface area contributed by atoms with Gasteiger partial charge < -0.3 is 10.2 Å². The Morgan fingerprint density at radius 2 is 2.09 bits per heavy atom. The molecule has 0 bridgehead atoms. The van der Waals surface area contributed by atoms with Crippen LogP contribution in [0.3, 0.4) is 0 Å². The Balaban J connectivity index is 3.05. The Kier molecular flexibility index (Phi) is 1.98. The van der Waals surface area contributed by atoms with Crippen LogP contribution in [0.1, 0.15) is 5.56 Å². The van der Waals surface area contributed by atoms with Crippen LogP contribution in [0.25, 0.3) is 0 Å². The van der Waals surface area contributed by atoms with Crippen molar-refractivity contribution in [3.05, 3.63) is 23.8 Å². The van der Waals surface area contributed by atoms with Gasteiger partial charge in [-0.3, -0.25) is 0 Å². The minimum atomic E-state index is 0.0457. The van der Waals surface area contributed by atoms with E-state index in [1.54, 1.807) is 0 Å². The first-order valence-electron chi connectivity index (χ1n) is 3.12. The van der Waals surface area contributed by atoms with Gasteiger partial charge in [0.25, 0.3) is 0 Å². The number of hydrogen-bond acceptors (Lipinski definition) is 3. The summed E-state index contributed by atoms with van der Waals surface area (Å²) in [5, 5.41) is 26.3. The molecular formula is C8H7NO2. The predicted molar refractivity (Wildman–Crippen MR) is 39.1 cm³/mol. The fourth-order valence-corrected chi connectivity index (χ4v) is 0.799. The third kappa shape index (κ3) is 1.62. The highest BCUT2D eigenvalue weighted by Gasteiger charge is 2.00. The predicted octanol–water partition coefficient (Wildman–Crippen LogP) is 1.16. The molecule has 0 spiro atoms. The first-order chi connectivity index (χ1) is 5.24. The molecule has 1 aromatic carbocycles. The van der Waals surface area contributed by atoms with Crippen LogP contribution in [-0.2, 0) is 6.42 Å². The molecule has 11 heavy (non-hydrogen) atoms. The first kappa shape index (κ1) is 7.42. The van der Waals surface area contributed by atoms with E-state index in [9.17, 15) is 0 Å². The van der Waals surface area contributed by atoms with E-state index in [0.29, 0.717) is 5.56 Å². The molecule has 0 saturated carbocycles. The minimum absolute atomic E-state index is 0.0457. The lowest BCUT2D eigenvalue weighted by molar-refractivity contribution is 0.455. The molecule has 0 unspecified atom stereocenters. The maximum absolute atomic E-state index is 9.10. The number of phenols is 2. The van der Waals surface area contributed by atoms with Crippen LogP contribution >= 0.6 is 0 Å². The molecule has 0 heterocycles. The van der Waals surface area contributed by atoms with Gasteiger partial charge in [0.05, 0.1) is 12.5 Å².